The second-order valence-electron chi connectivity index (χ2n) is 4.90. The maximum Gasteiger partial charge on any atom is 0.262 e. The minimum Gasteiger partial charge on any atom is -0.349 e. The molecular weight excluding hydrogens is 320 g/mol. The second kappa shape index (κ2) is 5.25. The molecule has 0 radical (unpaired) electrons. The molecule has 1 fully saturated rings. The van der Waals surface area contributed by atoms with Gasteiger partial charge in [0.2, 0.25) is 0 Å². The Kier molecular flexibility index (Phi) is 3.44. The van der Waals surface area contributed by atoms with Gasteiger partial charge in [0, 0.05) is 18.2 Å². The van der Waals surface area contributed by atoms with E-state index in [0.29, 0.717) is 16.0 Å². The zero-order valence-corrected chi connectivity index (χ0v) is 12.2. The summed E-state index contributed by atoms with van der Waals surface area (Å²) < 4.78 is 0.362. The highest BCUT2D eigenvalue weighted by atomic mass is 79.9. The molecule has 0 saturated heterocycles. The van der Waals surface area contributed by atoms with Gasteiger partial charge >= 0.3 is 0 Å². The van der Waals surface area contributed by atoms with Crippen LogP contribution in [0.2, 0.25) is 0 Å². The van der Waals surface area contributed by atoms with Crippen molar-refractivity contribution >= 4 is 21.8 Å². The van der Waals surface area contributed by atoms with Crippen molar-refractivity contribution in [3.63, 3.8) is 0 Å². The van der Waals surface area contributed by atoms with Crippen molar-refractivity contribution in [1.82, 2.24) is 10.3 Å². The van der Waals surface area contributed by atoms with Crippen molar-refractivity contribution in [2.75, 3.05) is 0 Å². The van der Waals surface area contributed by atoms with Gasteiger partial charge in [0.15, 0.2) is 0 Å². The maximum absolute atomic E-state index is 12.1. The number of nitrogens with one attached hydrogen (secondary N) is 2. The molecule has 3 rings (SSSR count). The van der Waals surface area contributed by atoms with Gasteiger partial charge in [-0.05, 0) is 34.0 Å². The summed E-state index contributed by atoms with van der Waals surface area (Å²) >= 11 is 3.12. The third kappa shape index (κ3) is 2.67. The highest BCUT2D eigenvalue weighted by Crippen LogP contribution is 2.40. The minimum absolute atomic E-state index is 0.162. The number of benzene rings is 1. The highest BCUT2D eigenvalue weighted by Gasteiger charge is 2.39. The molecule has 102 valence electrons. The minimum atomic E-state index is -0.241. The Bertz CT molecular complexity index is 697. The van der Waals surface area contributed by atoms with Gasteiger partial charge in [-0.25, -0.2) is 0 Å². The van der Waals surface area contributed by atoms with Gasteiger partial charge < -0.3 is 10.3 Å². The van der Waals surface area contributed by atoms with E-state index in [0.717, 1.165) is 6.42 Å². The second-order valence-corrected chi connectivity index (χ2v) is 5.75. The number of aromatic nitrogens is 1. The van der Waals surface area contributed by atoms with Crippen LogP contribution in [-0.4, -0.2) is 16.9 Å². The Morgan fingerprint density at radius 2 is 2.05 bits per heavy atom. The first-order valence-electron chi connectivity index (χ1n) is 6.39. The van der Waals surface area contributed by atoms with Crippen molar-refractivity contribution in [2.24, 2.45) is 0 Å². The van der Waals surface area contributed by atoms with Crippen LogP contribution < -0.4 is 10.9 Å². The summed E-state index contributed by atoms with van der Waals surface area (Å²) in [7, 11) is 0. The fourth-order valence-corrected chi connectivity index (χ4v) is 2.62. The first kappa shape index (κ1) is 13.1. The Morgan fingerprint density at radius 1 is 1.30 bits per heavy atom. The molecule has 1 aromatic carbocycles. The molecule has 1 aliphatic carbocycles. The van der Waals surface area contributed by atoms with Crippen LogP contribution in [0.3, 0.4) is 0 Å². The third-order valence-corrected chi connectivity index (χ3v) is 4.04. The summed E-state index contributed by atoms with van der Waals surface area (Å²) in [4.78, 5) is 25.8. The van der Waals surface area contributed by atoms with Crippen molar-refractivity contribution < 1.29 is 4.79 Å². The van der Waals surface area contributed by atoms with Crippen molar-refractivity contribution in [1.29, 1.82) is 0 Å². The standard InChI is InChI=1S/C15H13BrN2O2/c16-12-6-10(8-17-15(12)20)14(19)18-13-7-11(13)9-4-2-1-3-5-9/h1-6,8,11,13H,7H2,(H,17,20)(H,18,19)/t11-,13+/m0/s1. The lowest BCUT2D eigenvalue weighted by atomic mass is 10.1. The number of H-pyrrole nitrogens is 1. The predicted octanol–water partition coefficient (Wildman–Crippen LogP) is 2.42. The van der Waals surface area contributed by atoms with Crippen molar-refractivity contribution in [2.45, 2.75) is 18.4 Å². The lowest BCUT2D eigenvalue weighted by Gasteiger charge is -2.05. The highest BCUT2D eigenvalue weighted by molar-refractivity contribution is 9.10. The van der Waals surface area contributed by atoms with Crippen molar-refractivity contribution in [3.8, 4) is 0 Å². The summed E-state index contributed by atoms with van der Waals surface area (Å²) in [5.74, 6) is 0.233. The molecule has 1 aromatic heterocycles. The first-order chi connectivity index (χ1) is 9.65. The van der Waals surface area contributed by atoms with Crippen LogP contribution in [0.15, 0.2) is 51.9 Å². The molecule has 1 heterocycles. The third-order valence-electron chi connectivity index (χ3n) is 3.45. The number of hydrogen-bond donors (Lipinski definition) is 2. The van der Waals surface area contributed by atoms with Gasteiger partial charge in [-0.2, -0.15) is 0 Å². The number of halogens is 1. The number of pyridine rings is 1. The number of rotatable bonds is 3. The Labute approximate surface area is 124 Å². The van der Waals surface area contributed by atoms with E-state index < -0.39 is 0 Å². The molecule has 5 heteroatoms. The van der Waals surface area contributed by atoms with Crippen LogP contribution in [0.1, 0.15) is 28.3 Å². The molecule has 4 nitrogen and oxygen atoms in total. The fourth-order valence-electron chi connectivity index (χ4n) is 2.26. The molecule has 0 aliphatic heterocycles. The Hall–Kier alpha value is -1.88. The molecule has 0 spiro atoms. The fraction of sp³-hybridized carbons (Fsp3) is 0.200. The van der Waals surface area contributed by atoms with E-state index in [1.807, 2.05) is 18.2 Å². The summed E-state index contributed by atoms with van der Waals surface area (Å²) in [5, 5.41) is 2.98. The maximum atomic E-state index is 12.1. The molecule has 1 amide bonds. The smallest absolute Gasteiger partial charge is 0.262 e. The molecule has 1 aliphatic rings. The molecule has 0 unspecified atom stereocenters. The molecule has 20 heavy (non-hydrogen) atoms. The van der Waals surface area contributed by atoms with Crippen LogP contribution in [0.25, 0.3) is 0 Å². The van der Waals surface area contributed by atoms with E-state index in [-0.39, 0.29) is 17.5 Å². The number of carbonyl (C=O) groups excluding carboxylic acids is 1. The molecule has 1 saturated carbocycles. The van der Waals surface area contributed by atoms with Crippen molar-refractivity contribution in [3.05, 3.63) is 68.5 Å². The van der Waals surface area contributed by atoms with Gasteiger partial charge in [0.25, 0.3) is 11.5 Å². The van der Waals surface area contributed by atoms with E-state index in [9.17, 15) is 9.59 Å². The Balaban J connectivity index is 1.66. The number of hydrogen-bond acceptors (Lipinski definition) is 2. The van der Waals surface area contributed by atoms with Crippen LogP contribution in [0.5, 0.6) is 0 Å². The molecule has 0 bridgehead atoms. The average molecular weight is 333 g/mol. The van der Waals surface area contributed by atoms with E-state index in [4.69, 9.17) is 0 Å². The van der Waals surface area contributed by atoms with E-state index in [1.165, 1.54) is 17.8 Å². The van der Waals surface area contributed by atoms with Gasteiger partial charge in [-0.3, -0.25) is 9.59 Å². The molecular formula is C15H13BrN2O2. The molecule has 2 N–H and O–H groups in total. The van der Waals surface area contributed by atoms with Gasteiger partial charge in [0.05, 0.1) is 10.0 Å². The van der Waals surface area contributed by atoms with Crippen LogP contribution in [0.4, 0.5) is 0 Å². The van der Waals surface area contributed by atoms with Gasteiger partial charge in [-0.15, -0.1) is 0 Å². The number of carbonyl (C=O) groups is 1. The van der Waals surface area contributed by atoms with E-state index in [2.05, 4.69) is 38.4 Å². The van der Waals surface area contributed by atoms with Crippen LogP contribution in [-0.2, 0) is 0 Å². The van der Waals surface area contributed by atoms with Crippen LogP contribution in [0, 0.1) is 0 Å². The zero-order chi connectivity index (χ0) is 14.1. The lowest BCUT2D eigenvalue weighted by Crippen LogP contribution is -2.27. The lowest BCUT2D eigenvalue weighted by molar-refractivity contribution is 0.0950. The Morgan fingerprint density at radius 3 is 2.75 bits per heavy atom. The predicted molar refractivity (Wildman–Crippen MR) is 79.8 cm³/mol. The van der Waals surface area contributed by atoms with E-state index >= 15 is 0 Å². The topological polar surface area (TPSA) is 62.0 Å². The monoisotopic (exact) mass is 332 g/mol. The quantitative estimate of drug-likeness (QED) is 0.906. The summed E-state index contributed by atoms with van der Waals surface area (Å²) in [6, 6.07) is 11.9. The van der Waals surface area contributed by atoms with Gasteiger partial charge in [-0.1, -0.05) is 30.3 Å². The molecule has 2 aromatic rings. The van der Waals surface area contributed by atoms with Crippen LogP contribution >= 0.6 is 15.9 Å². The zero-order valence-electron chi connectivity index (χ0n) is 10.6. The molecule has 2 atom stereocenters. The van der Waals surface area contributed by atoms with Gasteiger partial charge in [0.1, 0.15) is 0 Å². The first-order valence-corrected chi connectivity index (χ1v) is 7.18. The summed E-state index contributed by atoms with van der Waals surface area (Å²) in [6.07, 6.45) is 2.39. The normalized spacial score (nSPS) is 20.4. The van der Waals surface area contributed by atoms with E-state index in [1.54, 1.807) is 0 Å². The summed E-state index contributed by atoms with van der Waals surface area (Å²) in [5.41, 5.74) is 1.46. The number of aromatic amines is 1. The number of amides is 1. The SMILES string of the molecule is O=C(N[C@@H]1C[C@H]1c1ccccc1)c1c[nH]c(=O)c(Br)c1. The largest absolute Gasteiger partial charge is 0.349 e. The summed E-state index contributed by atoms with van der Waals surface area (Å²) in [6.45, 7) is 0. The average Bonchev–Trinajstić information content (AvgIpc) is 3.22.